The molecule has 1 aliphatic heterocycles. The fraction of sp³-hybridized carbons (Fsp3) is 0.333. The van der Waals surface area contributed by atoms with Gasteiger partial charge in [-0.2, -0.15) is 0 Å². The third-order valence-corrected chi connectivity index (χ3v) is 6.15. The summed E-state index contributed by atoms with van der Waals surface area (Å²) in [5.74, 6) is 0. The largest absolute Gasteiger partial charge is 0.367 e. The van der Waals surface area contributed by atoms with Crippen LogP contribution in [0.25, 0.3) is 0 Å². The topological polar surface area (TPSA) is 24.5 Å². The van der Waals surface area contributed by atoms with Crippen molar-refractivity contribution in [2.45, 2.75) is 19.4 Å². The summed E-state index contributed by atoms with van der Waals surface area (Å²) in [6, 6.07) is 24.9. The van der Waals surface area contributed by atoms with E-state index in [2.05, 4.69) is 47.5 Å². The van der Waals surface area contributed by atoms with Gasteiger partial charge in [-0.25, -0.2) is 0 Å². The Hall–Kier alpha value is -1.59. The van der Waals surface area contributed by atoms with Crippen molar-refractivity contribution in [1.82, 2.24) is 10.2 Å². The van der Waals surface area contributed by atoms with Gasteiger partial charge in [0.05, 0.1) is 6.61 Å². The van der Waals surface area contributed by atoms with Crippen LogP contribution >= 0.6 is 36.4 Å². The maximum Gasteiger partial charge on any atom is 0.109 e. The Bertz CT molecular complexity index is 977. The maximum atomic E-state index is 6.40. The highest BCUT2D eigenvalue weighted by molar-refractivity contribution is 6.31. The van der Waals surface area contributed by atoms with Crippen LogP contribution in [0.5, 0.6) is 0 Å². The number of piperazine rings is 1. The average molecular weight is 508 g/mol. The van der Waals surface area contributed by atoms with Crippen molar-refractivity contribution in [2.24, 2.45) is 0 Å². The summed E-state index contributed by atoms with van der Waals surface area (Å²) < 4.78 is 6.25. The van der Waals surface area contributed by atoms with Gasteiger partial charge >= 0.3 is 0 Å². The number of ether oxygens (including phenoxy) is 1. The molecule has 3 aromatic rings. The minimum absolute atomic E-state index is 0. The molecule has 1 saturated heterocycles. The summed E-state index contributed by atoms with van der Waals surface area (Å²) in [4.78, 5) is 2.44. The summed E-state index contributed by atoms with van der Waals surface area (Å²) in [5, 5.41) is 4.13. The number of nitrogens with zero attached hydrogens (tertiary/aromatic N) is 1. The van der Waals surface area contributed by atoms with Crippen LogP contribution in [0.15, 0.2) is 72.8 Å². The summed E-state index contributed by atoms with van der Waals surface area (Å²) in [6.07, 6.45) is 1.13. The molecule has 2 aliphatic rings. The molecule has 0 aromatic heterocycles. The zero-order chi connectivity index (χ0) is 21.5. The van der Waals surface area contributed by atoms with E-state index in [1.54, 1.807) is 5.56 Å². The Kier molecular flexibility index (Phi) is 11.7. The Morgan fingerprint density at radius 2 is 1.61 bits per heavy atom. The first kappa shape index (κ1) is 27.7. The van der Waals surface area contributed by atoms with Gasteiger partial charge in [0.2, 0.25) is 0 Å². The lowest BCUT2D eigenvalue weighted by atomic mass is 10.0. The Morgan fingerprint density at radius 3 is 2.27 bits per heavy atom. The van der Waals surface area contributed by atoms with Crippen molar-refractivity contribution in [2.75, 3.05) is 39.3 Å². The third-order valence-electron chi connectivity index (χ3n) is 5.81. The predicted molar refractivity (Wildman–Crippen MR) is 143 cm³/mol. The van der Waals surface area contributed by atoms with Crippen LogP contribution in [0.3, 0.4) is 0 Å². The highest BCUT2D eigenvalue weighted by Gasteiger charge is 2.18. The number of hydrogen-bond acceptors (Lipinski definition) is 3. The van der Waals surface area contributed by atoms with E-state index in [4.69, 9.17) is 16.3 Å². The molecular formula is C27H33Cl3N2O. The fourth-order valence-corrected chi connectivity index (χ4v) is 4.18. The standard InChI is InChI=1S/C19H23ClN2O.C8H8.2ClH/c20-18-9-5-4-8-17(18)19(16-6-2-1-3-7-16)23-15-14-22-12-10-21-11-13-22;1-6-2-3-7-5-8(7)4-6;;/h1-9,19,21H,10-15H2;2-4H,5H2,1H3;2*1H. The Balaban J connectivity index is 0.000000324. The highest BCUT2D eigenvalue weighted by atomic mass is 35.5. The van der Waals surface area contributed by atoms with Gasteiger partial charge in [-0.15, -0.1) is 24.8 Å². The number of nitrogens with one attached hydrogen (secondary N) is 1. The summed E-state index contributed by atoms with van der Waals surface area (Å²) in [6.45, 7) is 8.09. The number of hydrogen-bond donors (Lipinski definition) is 1. The van der Waals surface area contributed by atoms with Gasteiger partial charge in [-0.3, -0.25) is 4.90 Å². The fourth-order valence-electron chi connectivity index (χ4n) is 3.94. The molecule has 1 N–H and O–H groups in total. The van der Waals surface area contributed by atoms with Gasteiger partial charge < -0.3 is 10.1 Å². The van der Waals surface area contributed by atoms with Crippen LogP contribution in [-0.4, -0.2) is 44.2 Å². The zero-order valence-corrected chi connectivity index (χ0v) is 21.4. The number of halogens is 3. The molecule has 0 spiro atoms. The number of benzene rings is 3. The molecule has 178 valence electrons. The van der Waals surface area contributed by atoms with Gasteiger partial charge in [-0.1, -0.05) is 83.9 Å². The average Bonchev–Trinajstić information content (AvgIpc) is 3.58. The van der Waals surface area contributed by atoms with E-state index in [0.717, 1.165) is 48.9 Å². The minimum Gasteiger partial charge on any atom is -0.367 e. The number of fused-ring (bicyclic) bond motifs is 1. The zero-order valence-electron chi connectivity index (χ0n) is 19.0. The van der Waals surface area contributed by atoms with Gasteiger partial charge in [0, 0.05) is 43.3 Å². The lowest BCUT2D eigenvalue weighted by molar-refractivity contribution is 0.0573. The smallest absolute Gasteiger partial charge is 0.109 e. The molecule has 5 rings (SSSR count). The summed E-state index contributed by atoms with van der Waals surface area (Å²) in [7, 11) is 0. The molecule has 3 aromatic carbocycles. The quantitative estimate of drug-likeness (QED) is 0.341. The molecule has 1 atom stereocenters. The van der Waals surface area contributed by atoms with Crippen LogP contribution in [-0.2, 0) is 11.2 Å². The molecule has 1 aliphatic carbocycles. The second kappa shape index (κ2) is 14.0. The van der Waals surface area contributed by atoms with Gasteiger partial charge in [0.1, 0.15) is 6.10 Å². The molecule has 1 fully saturated rings. The van der Waals surface area contributed by atoms with Crippen LogP contribution < -0.4 is 5.32 Å². The van der Waals surface area contributed by atoms with E-state index < -0.39 is 0 Å². The molecule has 0 amide bonds. The monoisotopic (exact) mass is 506 g/mol. The third kappa shape index (κ3) is 8.29. The first-order valence-electron chi connectivity index (χ1n) is 11.1. The van der Waals surface area contributed by atoms with E-state index in [-0.39, 0.29) is 30.9 Å². The number of rotatable bonds is 6. The van der Waals surface area contributed by atoms with Crippen LogP contribution in [0.2, 0.25) is 5.02 Å². The number of aryl methyl sites for hydroxylation is 1. The minimum atomic E-state index is -0.118. The molecule has 0 radical (unpaired) electrons. The first-order chi connectivity index (χ1) is 15.2. The van der Waals surface area contributed by atoms with E-state index >= 15 is 0 Å². The summed E-state index contributed by atoms with van der Waals surface area (Å²) in [5.41, 5.74) is 6.64. The van der Waals surface area contributed by atoms with Crippen LogP contribution in [0.1, 0.15) is 33.9 Å². The lowest BCUT2D eigenvalue weighted by Crippen LogP contribution is -2.44. The molecule has 0 bridgehead atoms. The van der Waals surface area contributed by atoms with Crippen molar-refractivity contribution in [3.63, 3.8) is 0 Å². The Morgan fingerprint density at radius 1 is 0.909 bits per heavy atom. The Labute approximate surface area is 215 Å². The predicted octanol–water partition coefficient (Wildman–Crippen LogP) is 6.09. The van der Waals surface area contributed by atoms with Gasteiger partial charge in [0.15, 0.2) is 0 Å². The lowest BCUT2D eigenvalue weighted by Gasteiger charge is -2.28. The van der Waals surface area contributed by atoms with Crippen molar-refractivity contribution in [3.8, 4) is 0 Å². The highest BCUT2D eigenvalue weighted by Crippen LogP contribution is 2.31. The molecule has 1 unspecified atom stereocenters. The first-order valence-corrected chi connectivity index (χ1v) is 11.5. The molecular weight excluding hydrogens is 475 g/mol. The molecule has 1 heterocycles. The summed E-state index contributed by atoms with van der Waals surface area (Å²) >= 11 is 6.40. The molecule has 0 saturated carbocycles. The second-order valence-corrected chi connectivity index (χ2v) is 8.63. The molecule has 33 heavy (non-hydrogen) atoms. The van der Waals surface area contributed by atoms with Gasteiger partial charge in [-0.05, 0) is 36.1 Å². The molecule has 3 nitrogen and oxygen atoms in total. The normalized spacial score (nSPS) is 15.1. The van der Waals surface area contributed by atoms with Crippen molar-refractivity contribution in [1.29, 1.82) is 0 Å². The van der Waals surface area contributed by atoms with Crippen molar-refractivity contribution in [3.05, 3.63) is 106 Å². The van der Waals surface area contributed by atoms with Gasteiger partial charge in [0.25, 0.3) is 0 Å². The SMILES string of the molecule is Cc1ccc2c(c1)C2.Cl.Cl.Clc1ccccc1C(OCCN1CCNCC1)c1ccccc1. The van der Waals surface area contributed by atoms with E-state index in [0.29, 0.717) is 6.61 Å². The van der Waals surface area contributed by atoms with E-state index in [9.17, 15) is 0 Å². The van der Waals surface area contributed by atoms with Crippen molar-refractivity contribution < 1.29 is 4.74 Å². The second-order valence-electron chi connectivity index (χ2n) is 8.22. The van der Waals surface area contributed by atoms with E-state index in [1.165, 1.54) is 17.5 Å². The maximum absolute atomic E-state index is 6.40. The van der Waals surface area contributed by atoms with Crippen LogP contribution in [0, 0.1) is 6.92 Å². The van der Waals surface area contributed by atoms with E-state index in [1.807, 2.05) is 42.5 Å². The molecule has 6 heteroatoms. The van der Waals surface area contributed by atoms with Crippen LogP contribution in [0.4, 0.5) is 0 Å². The van der Waals surface area contributed by atoms with Crippen molar-refractivity contribution >= 4 is 36.4 Å².